The van der Waals surface area contributed by atoms with Crippen molar-refractivity contribution in [1.29, 1.82) is 0 Å². The smallest absolute Gasteiger partial charge is 0.217 e. The number of hydrogen-bond acceptors (Lipinski definition) is 16. The topological polar surface area (TPSA) is 283 Å². The third kappa shape index (κ3) is 6.38. The third-order valence-electron chi connectivity index (χ3n) is 6.56. The molecule has 17 nitrogen and oxygen atoms in total. The Morgan fingerprint density at radius 1 is 0.703 bits per heavy atom. The van der Waals surface area contributed by atoms with E-state index in [1.54, 1.807) is 0 Å². The Morgan fingerprint density at radius 3 is 1.76 bits per heavy atom. The standard InChI is InChI=1S/C20H36N2O15/c1-5(26)22-9-12(29)16(8(4-25)33-18(9)21)36-20-15(32)17(11(28)7(3-24)35-20)37-19-14(31)13(30)10(27)6(2-23)34-19/h6-20,23-25,27-32H,2-4,21H2,1H3,(H,22,26)/t6-,7-,8-,9+,10+,11+,12-,13+,14-,15-,16-,17+,18-,19+,20+/m1/s1. The van der Waals surface area contributed by atoms with Crippen LogP contribution in [0.2, 0.25) is 0 Å². The summed E-state index contributed by atoms with van der Waals surface area (Å²) in [7, 11) is 0. The molecule has 0 aromatic heterocycles. The fourth-order valence-electron chi connectivity index (χ4n) is 4.52. The van der Waals surface area contributed by atoms with Gasteiger partial charge in [0.1, 0.15) is 73.4 Å². The van der Waals surface area contributed by atoms with Gasteiger partial charge in [-0.1, -0.05) is 0 Å². The Kier molecular flexibility index (Phi) is 10.5. The molecule has 1 amide bonds. The monoisotopic (exact) mass is 544 g/mol. The van der Waals surface area contributed by atoms with E-state index >= 15 is 0 Å². The molecule has 0 bridgehead atoms. The van der Waals surface area contributed by atoms with Gasteiger partial charge in [0, 0.05) is 6.92 Å². The van der Waals surface area contributed by atoms with E-state index in [0.29, 0.717) is 0 Å². The molecule has 12 N–H and O–H groups in total. The summed E-state index contributed by atoms with van der Waals surface area (Å²) in [6, 6.07) is -1.17. The molecule has 0 aliphatic carbocycles. The van der Waals surface area contributed by atoms with E-state index in [9.17, 15) is 50.8 Å². The first-order valence-electron chi connectivity index (χ1n) is 11.7. The number of rotatable bonds is 8. The number of aliphatic hydroxyl groups is 9. The van der Waals surface area contributed by atoms with E-state index < -0.39 is 118 Å². The largest absolute Gasteiger partial charge is 0.394 e. The van der Waals surface area contributed by atoms with Gasteiger partial charge < -0.3 is 80.7 Å². The zero-order valence-electron chi connectivity index (χ0n) is 19.8. The normalized spacial score (nSPS) is 49.0. The van der Waals surface area contributed by atoms with Crippen LogP contribution >= 0.6 is 0 Å². The molecule has 37 heavy (non-hydrogen) atoms. The zero-order valence-corrected chi connectivity index (χ0v) is 19.8. The summed E-state index contributed by atoms with van der Waals surface area (Å²) in [6.07, 6.45) is -22.4. The number of hydrogen-bond donors (Lipinski definition) is 11. The first-order chi connectivity index (χ1) is 17.4. The van der Waals surface area contributed by atoms with Gasteiger partial charge in [-0.05, 0) is 0 Å². The molecule has 3 aliphatic heterocycles. The van der Waals surface area contributed by atoms with E-state index in [1.807, 2.05) is 0 Å². The van der Waals surface area contributed by atoms with Gasteiger partial charge in [0.05, 0.1) is 25.9 Å². The summed E-state index contributed by atoms with van der Waals surface area (Å²) in [5.74, 6) is -0.547. The van der Waals surface area contributed by atoms with Crippen molar-refractivity contribution in [2.75, 3.05) is 19.8 Å². The van der Waals surface area contributed by atoms with Crippen molar-refractivity contribution in [3.8, 4) is 0 Å². The predicted octanol–water partition coefficient (Wildman–Crippen LogP) is -7.46. The lowest BCUT2D eigenvalue weighted by molar-refractivity contribution is -0.371. The van der Waals surface area contributed by atoms with Crippen molar-refractivity contribution in [2.45, 2.75) is 98.9 Å². The van der Waals surface area contributed by atoms with Crippen LogP contribution in [-0.4, -0.2) is 164 Å². The molecule has 3 rings (SSSR count). The fraction of sp³-hybridized carbons (Fsp3) is 0.950. The number of ether oxygens (including phenoxy) is 5. The lowest BCUT2D eigenvalue weighted by Crippen LogP contribution is -2.69. The summed E-state index contributed by atoms with van der Waals surface area (Å²) in [5.41, 5.74) is 5.83. The maximum absolute atomic E-state index is 11.5. The van der Waals surface area contributed by atoms with Crippen LogP contribution in [0.5, 0.6) is 0 Å². The molecule has 0 saturated carbocycles. The van der Waals surface area contributed by atoms with Crippen LogP contribution in [0.1, 0.15) is 6.92 Å². The third-order valence-corrected chi connectivity index (χ3v) is 6.56. The number of carbonyl (C=O) groups excluding carboxylic acids is 1. The first-order valence-corrected chi connectivity index (χ1v) is 11.7. The number of nitrogens with two attached hydrogens (primary N) is 1. The van der Waals surface area contributed by atoms with Crippen molar-refractivity contribution in [2.24, 2.45) is 5.73 Å². The van der Waals surface area contributed by atoms with Crippen molar-refractivity contribution >= 4 is 5.91 Å². The molecule has 216 valence electrons. The lowest BCUT2D eigenvalue weighted by atomic mass is 9.94. The van der Waals surface area contributed by atoms with E-state index in [4.69, 9.17) is 29.4 Å². The summed E-state index contributed by atoms with van der Waals surface area (Å²) in [5, 5.41) is 93.7. The highest BCUT2D eigenvalue weighted by Gasteiger charge is 2.53. The average molecular weight is 545 g/mol. The molecule has 0 aromatic rings. The van der Waals surface area contributed by atoms with Crippen molar-refractivity contribution in [1.82, 2.24) is 5.32 Å². The lowest BCUT2D eigenvalue weighted by Gasteiger charge is -2.48. The van der Waals surface area contributed by atoms with Crippen LogP contribution in [-0.2, 0) is 28.5 Å². The quantitative estimate of drug-likeness (QED) is 0.135. The predicted molar refractivity (Wildman–Crippen MR) is 115 cm³/mol. The minimum absolute atomic E-state index is 0.547. The SMILES string of the molecule is CC(=O)N[C@H]1[C@@H](O)[C@H](O[C@@H]2O[C@H](CO)[C@H](O)[C@H](O[C@@H]3O[C@H](CO)[C@H](O)[C@H](O)[C@H]3O)[C@H]2O)[C@@H](CO)O[C@H]1N. The number of nitrogens with one attached hydrogen (secondary N) is 1. The second-order valence-corrected chi connectivity index (χ2v) is 9.14. The van der Waals surface area contributed by atoms with Crippen molar-refractivity contribution in [3.63, 3.8) is 0 Å². The maximum Gasteiger partial charge on any atom is 0.217 e. The second kappa shape index (κ2) is 12.8. The summed E-state index contributed by atoms with van der Waals surface area (Å²) in [4.78, 5) is 11.5. The average Bonchev–Trinajstić information content (AvgIpc) is 2.86. The number of aliphatic hydroxyl groups excluding tert-OH is 9. The van der Waals surface area contributed by atoms with Gasteiger partial charge in [-0.25, -0.2) is 0 Å². The minimum atomic E-state index is -1.88. The Morgan fingerprint density at radius 2 is 1.22 bits per heavy atom. The van der Waals surface area contributed by atoms with Gasteiger partial charge in [0.2, 0.25) is 5.91 Å². The zero-order chi connectivity index (χ0) is 27.6. The molecule has 0 unspecified atom stereocenters. The van der Waals surface area contributed by atoms with E-state index in [2.05, 4.69) is 5.32 Å². The van der Waals surface area contributed by atoms with Crippen LogP contribution < -0.4 is 11.1 Å². The molecule has 3 fully saturated rings. The molecule has 0 aromatic carbocycles. The molecule has 3 saturated heterocycles. The fourth-order valence-corrected chi connectivity index (χ4v) is 4.52. The molecule has 0 radical (unpaired) electrons. The molecule has 3 heterocycles. The molecule has 15 atom stereocenters. The molecular formula is C20H36N2O15. The van der Waals surface area contributed by atoms with Gasteiger partial charge in [0.15, 0.2) is 12.6 Å². The Hall–Kier alpha value is -1.13. The summed E-state index contributed by atoms with van der Waals surface area (Å²) in [6.45, 7) is -1.07. The van der Waals surface area contributed by atoms with Gasteiger partial charge in [0.25, 0.3) is 0 Å². The molecule has 3 aliphatic rings. The Balaban J connectivity index is 1.80. The first kappa shape index (κ1) is 30.4. The minimum Gasteiger partial charge on any atom is -0.394 e. The van der Waals surface area contributed by atoms with Gasteiger partial charge in [-0.2, -0.15) is 0 Å². The van der Waals surface area contributed by atoms with Crippen LogP contribution in [0.3, 0.4) is 0 Å². The second-order valence-electron chi connectivity index (χ2n) is 9.14. The number of amides is 1. The Labute approximate surface area is 210 Å². The van der Waals surface area contributed by atoms with Gasteiger partial charge >= 0.3 is 0 Å². The number of carbonyl (C=O) groups is 1. The van der Waals surface area contributed by atoms with Crippen molar-refractivity contribution < 1.29 is 74.4 Å². The summed E-state index contributed by atoms with van der Waals surface area (Å²) >= 11 is 0. The van der Waals surface area contributed by atoms with E-state index in [1.165, 1.54) is 6.92 Å². The van der Waals surface area contributed by atoms with Crippen molar-refractivity contribution in [3.05, 3.63) is 0 Å². The highest BCUT2D eigenvalue weighted by atomic mass is 16.7. The van der Waals surface area contributed by atoms with E-state index in [0.717, 1.165) is 0 Å². The highest BCUT2D eigenvalue weighted by molar-refractivity contribution is 5.73. The maximum atomic E-state index is 11.5. The van der Waals surface area contributed by atoms with Gasteiger partial charge in [-0.3, -0.25) is 4.79 Å². The highest BCUT2D eigenvalue weighted by Crippen LogP contribution is 2.32. The molecular weight excluding hydrogens is 508 g/mol. The molecule has 0 spiro atoms. The summed E-state index contributed by atoms with van der Waals surface area (Å²) < 4.78 is 27.3. The molecule has 17 heteroatoms. The van der Waals surface area contributed by atoms with Gasteiger partial charge in [-0.15, -0.1) is 0 Å². The van der Waals surface area contributed by atoms with Crippen LogP contribution in [0.25, 0.3) is 0 Å². The Bertz CT molecular complexity index is 749. The van der Waals surface area contributed by atoms with Crippen LogP contribution in [0.15, 0.2) is 0 Å². The van der Waals surface area contributed by atoms with E-state index in [-0.39, 0.29) is 0 Å². The van der Waals surface area contributed by atoms with Crippen LogP contribution in [0.4, 0.5) is 0 Å². The van der Waals surface area contributed by atoms with Crippen LogP contribution in [0, 0.1) is 0 Å².